The van der Waals surface area contributed by atoms with Gasteiger partial charge in [0.25, 0.3) is 0 Å². The maximum Gasteiger partial charge on any atom is 0.248 e. The summed E-state index contributed by atoms with van der Waals surface area (Å²) < 4.78 is 0. The predicted octanol–water partition coefficient (Wildman–Crippen LogP) is -0.446. The lowest BCUT2D eigenvalue weighted by atomic mass is 10.00. The largest absolute Gasteiger partial charge is 1.00 e. The molecule has 1 amide bonds. The van der Waals surface area contributed by atoms with Gasteiger partial charge < -0.3 is 23.5 Å². The van der Waals surface area contributed by atoms with Crippen molar-refractivity contribution < 1.29 is 22.2 Å². The Morgan fingerprint density at radius 2 is 1.92 bits per heavy atom. The molecule has 1 aromatic heterocycles. The molecule has 3 rings (SSSR count). The van der Waals surface area contributed by atoms with Crippen LogP contribution in [0.5, 0.6) is 0 Å². The number of benzene rings is 1. The molecular weight excluding hydrogens is 336 g/mol. The number of hydrogen-bond donors (Lipinski definition) is 2. The second-order valence-electron chi connectivity index (χ2n) is 6.32. The molecule has 2 aromatic rings. The Hall–Kier alpha value is -2.53. The maximum absolute atomic E-state index is 11.8. The Labute approximate surface area is 154 Å². The van der Waals surface area contributed by atoms with Crippen molar-refractivity contribution in [2.24, 2.45) is 0 Å². The van der Waals surface area contributed by atoms with Crippen molar-refractivity contribution in [1.29, 1.82) is 0 Å². The smallest absolute Gasteiger partial charge is 0.248 e. The zero-order valence-electron chi connectivity index (χ0n) is 14.5. The van der Waals surface area contributed by atoms with E-state index in [0.29, 0.717) is 11.5 Å². The summed E-state index contributed by atoms with van der Waals surface area (Å²) in [6, 6.07) is 12.3. The van der Waals surface area contributed by atoms with Crippen LogP contribution in [0.3, 0.4) is 0 Å². The van der Waals surface area contributed by atoms with E-state index in [0.717, 1.165) is 30.9 Å². The van der Waals surface area contributed by atoms with E-state index in [1.165, 1.54) is 11.1 Å². The van der Waals surface area contributed by atoms with E-state index < -0.39 is 0 Å². The van der Waals surface area contributed by atoms with Gasteiger partial charge in [-0.25, -0.2) is 4.98 Å². The number of nitrogens with zero attached hydrogens (tertiary/aromatic N) is 1. The number of fused-ring (bicyclic) bond motifs is 1. The van der Waals surface area contributed by atoms with E-state index >= 15 is 0 Å². The molecular formula is C19H23ClN4O. The average molecular weight is 359 g/mol. The Balaban J connectivity index is 0.00000225. The lowest BCUT2D eigenvalue weighted by Crippen LogP contribution is -3.00. The number of rotatable bonds is 3. The third kappa shape index (κ3) is 4.51. The number of aromatic amines is 1. The summed E-state index contributed by atoms with van der Waals surface area (Å²) >= 11 is 0. The number of nitrogen functional groups attached to an aromatic ring is 1. The number of nitrogens with one attached hydrogen (secondary N) is 2. The van der Waals surface area contributed by atoms with E-state index in [1.54, 1.807) is 6.08 Å². The lowest BCUT2D eigenvalue weighted by molar-refractivity contribution is -0.345. The number of pyridine rings is 1. The molecule has 1 aliphatic heterocycles. The van der Waals surface area contributed by atoms with Crippen LogP contribution in [0.15, 0.2) is 48.0 Å². The van der Waals surface area contributed by atoms with Crippen LogP contribution < -0.4 is 33.3 Å². The van der Waals surface area contributed by atoms with Gasteiger partial charge in [-0.2, -0.15) is 0 Å². The second kappa shape index (κ2) is 8.03. The van der Waals surface area contributed by atoms with Crippen molar-refractivity contribution in [3.63, 3.8) is 0 Å². The molecule has 132 valence electrons. The van der Waals surface area contributed by atoms with Crippen molar-refractivity contribution in [3.05, 3.63) is 59.2 Å². The molecule has 0 radical (unpaired) electrons. The van der Waals surface area contributed by atoms with E-state index in [1.807, 2.05) is 26.0 Å². The Kier molecular flexibility index (Phi) is 6.04. The molecule has 0 aliphatic carbocycles. The Morgan fingerprint density at radius 3 is 2.60 bits per heavy atom. The topological polar surface area (TPSA) is 72.5 Å². The minimum absolute atomic E-state index is 0. The maximum atomic E-state index is 11.8. The van der Waals surface area contributed by atoms with Crippen molar-refractivity contribution in [1.82, 2.24) is 0 Å². The molecule has 0 fully saturated rings. The first-order valence-electron chi connectivity index (χ1n) is 8.12. The van der Waals surface area contributed by atoms with Crippen molar-refractivity contribution in [2.75, 3.05) is 22.5 Å². The Morgan fingerprint density at radius 1 is 1.20 bits per heavy atom. The van der Waals surface area contributed by atoms with E-state index in [4.69, 9.17) is 5.73 Å². The quantitative estimate of drug-likeness (QED) is 0.730. The molecule has 25 heavy (non-hydrogen) atoms. The van der Waals surface area contributed by atoms with E-state index in [9.17, 15) is 4.79 Å². The van der Waals surface area contributed by atoms with Crippen LogP contribution in [0.25, 0.3) is 0 Å². The molecule has 1 aromatic carbocycles. The van der Waals surface area contributed by atoms with Gasteiger partial charge in [0.2, 0.25) is 17.5 Å². The first-order valence-corrected chi connectivity index (χ1v) is 8.12. The SMILES string of the molecule is CC(C)=CC(=O)Nc1ccc(N2CCc3ccccc3C2)[nH+]c1N.[Cl-]. The van der Waals surface area contributed by atoms with Gasteiger partial charge in [0.15, 0.2) is 0 Å². The van der Waals surface area contributed by atoms with Gasteiger partial charge in [-0.05, 0) is 31.0 Å². The van der Waals surface area contributed by atoms with Gasteiger partial charge in [-0.15, -0.1) is 0 Å². The summed E-state index contributed by atoms with van der Waals surface area (Å²) in [7, 11) is 0. The number of allylic oxidation sites excluding steroid dienone is 1. The summed E-state index contributed by atoms with van der Waals surface area (Å²) in [6.45, 7) is 5.56. The first-order chi connectivity index (χ1) is 11.5. The predicted molar refractivity (Wildman–Crippen MR) is 96.7 cm³/mol. The fourth-order valence-electron chi connectivity index (χ4n) is 2.92. The number of carbonyl (C=O) groups is 1. The molecule has 0 saturated carbocycles. The molecule has 5 nitrogen and oxygen atoms in total. The van der Waals surface area contributed by atoms with Gasteiger partial charge in [-0.3, -0.25) is 9.69 Å². The fraction of sp³-hybridized carbons (Fsp3) is 0.263. The van der Waals surface area contributed by atoms with Crippen LogP contribution >= 0.6 is 0 Å². The van der Waals surface area contributed by atoms with Crippen LogP contribution in [0, 0.1) is 0 Å². The van der Waals surface area contributed by atoms with Crippen LogP contribution in [-0.2, 0) is 17.8 Å². The number of hydrogen-bond acceptors (Lipinski definition) is 3. The van der Waals surface area contributed by atoms with Crippen molar-refractivity contribution in [3.8, 4) is 0 Å². The number of amides is 1. The summed E-state index contributed by atoms with van der Waals surface area (Å²) in [5, 5.41) is 2.80. The molecule has 4 N–H and O–H groups in total. The molecule has 1 aliphatic rings. The molecule has 2 heterocycles. The van der Waals surface area contributed by atoms with Crippen LogP contribution in [0.1, 0.15) is 25.0 Å². The summed E-state index contributed by atoms with van der Waals surface area (Å²) in [5.41, 5.74) is 10.4. The number of halogens is 1. The minimum Gasteiger partial charge on any atom is -1.00 e. The zero-order chi connectivity index (χ0) is 17.1. The third-order valence-electron chi connectivity index (χ3n) is 4.11. The fourth-order valence-corrected chi connectivity index (χ4v) is 2.92. The lowest BCUT2D eigenvalue weighted by Gasteiger charge is -2.26. The Bertz CT molecular complexity index is 800. The standard InChI is InChI=1S/C19H22N4O.ClH/c1-13(2)11-18(24)21-16-7-8-17(22-19(16)20)23-10-9-14-5-3-4-6-15(14)12-23;/h3-8,11H,9-10,12H2,1-2H3,(H2,20,22)(H,21,24);1H. The van der Waals surface area contributed by atoms with Gasteiger partial charge >= 0.3 is 0 Å². The van der Waals surface area contributed by atoms with Crippen LogP contribution in [0.4, 0.5) is 17.3 Å². The van der Waals surface area contributed by atoms with Crippen molar-refractivity contribution in [2.45, 2.75) is 26.8 Å². The van der Waals surface area contributed by atoms with Crippen LogP contribution in [0.2, 0.25) is 0 Å². The minimum atomic E-state index is -0.172. The van der Waals surface area contributed by atoms with E-state index in [2.05, 4.69) is 39.5 Å². The molecule has 0 spiro atoms. The van der Waals surface area contributed by atoms with Gasteiger partial charge in [0.1, 0.15) is 5.69 Å². The monoisotopic (exact) mass is 358 g/mol. The van der Waals surface area contributed by atoms with Crippen molar-refractivity contribution >= 4 is 23.2 Å². The average Bonchev–Trinajstić information content (AvgIpc) is 2.55. The second-order valence-corrected chi connectivity index (χ2v) is 6.32. The number of carbonyl (C=O) groups excluding carboxylic acids is 1. The van der Waals surface area contributed by atoms with Crippen LogP contribution in [-0.4, -0.2) is 12.5 Å². The highest BCUT2D eigenvalue weighted by atomic mass is 35.5. The van der Waals surface area contributed by atoms with Gasteiger partial charge in [-0.1, -0.05) is 29.8 Å². The van der Waals surface area contributed by atoms with E-state index in [-0.39, 0.29) is 18.3 Å². The highest BCUT2D eigenvalue weighted by molar-refractivity contribution is 6.01. The first kappa shape index (κ1) is 18.8. The zero-order valence-corrected chi connectivity index (χ0v) is 15.2. The number of H-pyrrole nitrogens is 1. The van der Waals surface area contributed by atoms with Gasteiger partial charge in [0.05, 0.1) is 13.1 Å². The number of aromatic nitrogens is 1. The molecule has 0 atom stereocenters. The highest BCUT2D eigenvalue weighted by Crippen LogP contribution is 2.23. The molecule has 0 bridgehead atoms. The number of anilines is 3. The molecule has 6 heteroatoms. The summed E-state index contributed by atoms with van der Waals surface area (Å²) in [6.07, 6.45) is 2.57. The molecule has 0 unspecified atom stereocenters. The third-order valence-corrected chi connectivity index (χ3v) is 4.11. The summed E-state index contributed by atoms with van der Waals surface area (Å²) in [4.78, 5) is 17.3. The number of nitrogens with two attached hydrogens (primary N) is 1. The molecule has 0 saturated heterocycles. The summed E-state index contributed by atoms with van der Waals surface area (Å²) in [5.74, 6) is 1.25. The van der Waals surface area contributed by atoms with Gasteiger partial charge in [0, 0.05) is 18.6 Å². The highest BCUT2D eigenvalue weighted by Gasteiger charge is 2.21. The normalized spacial score (nSPS) is 12.6.